The summed E-state index contributed by atoms with van der Waals surface area (Å²) in [6.45, 7) is 0.463. The van der Waals surface area contributed by atoms with Crippen LogP contribution in [-0.2, 0) is 6.54 Å². The number of aromatic amines is 2. The zero-order chi connectivity index (χ0) is 15.7. The second-order valence-corrected chi connectivity index (χ2v) is 5.89. The minimum atomic E-state index is -0.691. The van der Waals surface area contributed by atoms with Gasteiger partial charge in [0.15, 0.2) is 0 Å². The quantitative estimate of drug-likeness (QED) is 0.506. The average Bonchev–Trinajstić information content (AvgIpc) is 2.48. The molecular formula is C15H13ClN3O2P. The monoisotopic (exact) mass is 333 g/mol. The summed E-state index contributed by atoms with van der Waals surface area (Å²) in [6.07, 6.45) is 0. The van der Waals surface area contributed by atoms with E-state index < -0.39 is 11.1 Å². The molecule has 1 atom stereocenters. The van der Waals surface area contributed by atoms with E-state index in [-0.39, 0.29) is 0 Å². The molecule has 112 valence electrons. The minimum Gasteiger partial charge on any atom is -0.380 e. The van der Waals surface area contributed by atoms with Crippen LogP contribution in [0, 0.1) is 0 Å². The summed E-state index contributed by atoms with van der Waals surface area (Å²) in [5.74, 6) is 0. The van der Waals surface area contributed by atoms with Crippen molar-refractivity contribution in [3.8, 4) is 0 Å². The summed E-state index contributed by atoms with van der Waals surface area (Å²) in [5.41, 5.74) is 1.47. The molecule has 7 heteroatoms. The fourth-order valence-electron chi connectivity index (χ4n) is 2.25. The third kappa shape index (κ3) is 2.91. The number of hydrogen-bond donors (Lipinski definition) is 3. The first-order valence-electron chi connectivity index (χ1n) is 6.58. The van der Waals surface area contributed by atoms with E-state index in [1.807, 2.05) is 24.3 Å². The van der Waals surface area contributed by atoms with E-state index >= 15 is 0 Å². The van der Waals surface area contributed by atoms with E-state index in [2.05, 4.69) is 24.5 Å². The van der Waals surface area contributed by atoms with Crippen molar-refractivity contribution in [2.24, 2.45) is 0 Å². The number of fused-ring (bicyclic) bond motifs is 1. The van der Waals surface area contributed by atoms with E-state index in [4.69, 9.17) is 11.6 Å². The molecule has 3 N–H and O–H groups in total. The van der Waals surface area contributed by atoms with Gasteiger partial charge in [0.2, 0.25) is 0 Å². The van der Waals surface area contributed by atoms with Crippen LogP contribution in [0.15, 0.2) is 46.0 Å². The zero-order valence-corrected chi connectivity index (χ0v) is 13.4. The number of anilines is 1. The lowest BCUT2D eigenvalue weighted by Gasteiger charge is -2.11. The van der Waals surface area contributed by atoms with Crippen molar-refractivity contribution in [3.05, 3.63) is 67.7 Å². The van der Waals surface area contributed by atoms with E-state index in [0.29, 0.717) is 22.6 Å². The molecular weight excluding hydrogens is 321 g/mol. The van der Waals surface area contributed by atoms with E-state index in [9.17, 15) is 9.59 Å². The Hall–Kier alpha value is -2.10. The van der Waals surface area contributed by atoms with Crippen molar-refractivity contribution in [2.45, 2.75) is 6.54 Å². The van der Waals surface area contributed by atoms with E-state index in [0.717, 1.165) is 16.6 Å². The lowest BCUT2D eigenvalue weighted by molar-refractivity contribution is 1.10. The molecule has 0 saturated carbocycles. The molecule has 3 rings (SSSR count). The van der Waals surface area contributed by atoms with Crippen molar-refractivity contribution in [2.75, 3.05) is 5.32 Å². The summed E-state index contributed by atoms with van der Waals surface area (Å²) in [4.78, 5) is 28.1. The fraction of sp³-hybridized carbons (Fsp3) is 0.0667. The molecule has 0 bridgehead atoms. The van der Waals surface area contributed by atoms with Crippen LogP contribution in [0.2, 0.25) is 5.02 Å². The molecule has 0 saturated heterocycles. The van der Waals surface area contributed by atoms with Crippen LogP contribution in [0.25, 0.3) is 11.0 Å². The van der Waals surface area contributed by atoms with Crippen LogP contribution < -0.4 is 21.7 Å². The van der Waals surface area contributed by atoms with Crippen LogP contribution in [-0.4, -0.2) is 9.97 Å². The van der Waals surface area contributed by atoms with Crippen molar-refractivity contribution >= 4 is 42.9 Å². The standard InChI is InChI=1S/C15H13ClN3O2P/c16-9-5-8(7-17-10-3-1-2-4-12(10)22)13-11(6-9)18-14(20)15(21)19-13/h1-6,17H,7,22H2,(H,18,20)(H,19,21). The number of H-pyrrole nitrogens is 2. The highest BCUT2D eigenvalue weighted by Crippen LogP contribution is 2.20. The topological polar surface area (TPSA) is 77.8 Å². The molecule has 1 heterocycles. The SMILES string of the molecule is O=c1[nH]c2cc(Cl)cc(CNc3ccccc3P)c2[nH]c1=O. The van der Waals surface area contributed by atoms with Crippen molar-refractivity contribution in [1.82, 2.24) is 9.97 Å². The summed E-state index contributed by atoms with van der Waals surface area (Å²) >= 11 is 6.08. The molecule has 2 aromatic carbocycles. The van der Waals surface area contributed by atoms with E-state index in [1.165, 1.54) is 0 Å². The van der Waals surface area contributed by atoms with Crippen LogP contribution in [0.1, 0.15) is 5.56 Å². The number of para-hydroxylation sites is 1. The Kier molecular flexibility index (Phi) is 4.01. The summed E-state index contributed by atoms with van der Waals surface area (Å²) < 4.78 is 0. The number of halogens is 1. The molecule has 0 fully saturated rings. The average molecular weight is 334 g/mol. The number of nitrogens with one attached hydrogen (secondary N) is 3. The Morgan fingerprint density at radius 3 is 2.59 bits per heavy atom. The van der Waals surface area contributed by atoms with Crippen molar-refractivity contribution < 1.29 is 0 Å². The molecule has 1 unspecified atom stereocenters. The lowest BCUT2D eigenvalue weighted by Crippen LogP contribution is -2.29. The number of benzene rings is 2. The zero-order valence-electron chi connectivity index (χ0n) is 11.4. The first kappa shape index (κ1) is 14.8. The molecule has 0 radical (unpaired) electrons. The Balaban J connectivity index is 2.03. The number of rotatable bonds is 3. The highest BCUT2D eigenvalue weighted by Gasteiger charge is 2.07. The van der Waals surface area contributed by atoms with Crippen molar-refractivity contribution in [3.63, 3.8) is 0 Å². The van der Waals surface area contributed by atoms with Gasteiger partial charge in [0.05, 0.1) is 11.0 Å². The number of hydrogen-bond acceptors (Lipinski definition) is 3. The van der Waals surface area contributed by atoms with E-state index in [1.54, 1.807) is 12.1 Å². The minimum absolute atomic E-state index is 0.463. The number of aromatic nitrogens is 2. The maximum absolute atomic E-state index is 11.5. The maximum atomic E-state index is 11.5. The van der Waals surface area contributed by atoms with Gasteiger partial charge in [-0.15, -0.1) is 9.24 Å². The first-order valence-corrected chi connectivity index (χ1v) is 7.53. The molecule has 0 aliphatic carbocycles. The van der Waals surface area contributed by atoms with Gasteiger partial charge in [0.1, 0.15) is 0 Å². The van der Waals surface area contributed by atoms with Crippen LogP contribution in [0.3, 0.4) is 0 Å². The molecule has 0 amide bonds. The van der Waals surface area contributed by atoms with Gasteiger partial charge in [-0.05, 0) is 29.1 Å². The van der Waals surface area contributed by atoms with Crippen LogP contribution in [0.4, 0.5) is 5.69 Å². The second-order valence-electron chi connectivity index (χ2n) is 4.84. The maximum Gasteiger partial charge on any atom is 0.314 e. The van der Waals surface area contributed by atoms with Crippen molar-refractivity contribution in [1.29, 1.82) is 0 Å². The molecule has 22 heavy (non-hydrogen) atoms. The predicted octanol–water partition coefficient (Wildman–Crippen LogP) is 1.98. The van der Waals surface area contributed by atoms with Gasteiger partial charge in [-0.1, -0.05) is 29.8 Å². The fourth-order valence-corrected chi connectivity index (χ4v) is 2.80. The van der Waals surface area contributed by atoms with Gasteiger partial charge in [0, 0.05) is 17.3 Å². The highest BCUT2D eigenvalue weighted by molar-refractivity contribution is 7.28. The van der Waals surface area contributed by atoms with Gasteiger partial charge in [0.25, 0.3) is 0 Å². The predicted molar refractivity (Wildman–Crippen MR) is 93.3 cm³/mol. The molecule has 0 aliphatic heterocycles. The third-order valence-corrected chi connectivity index (χ3v) is 4.03. The van der Waals surface area contributed by atoms with Crippen LogP contribution >= 0.6 is 20.8 Å². The molecule has 5 nitrogen and oxygen atoms in total. The Bertz CT molecular complexity index is 965. The van der Waals surface area contributed by atoms with Gasteiger partial charge < -0.3 is 15.3 Å². The lowest BCUT2D eigenvalue weighted by atomic mass is 10.1. The summed E-state index contributed by atoms with van der Waals surface area (Å²) in [6, 6.07) is 11.2. The Morgan fingerprint density at radius 2 is 1.82 bits per heavy atom. The van der Waals surface area contributed by atoms with Gasteiger partial charge in [-0.3, -0.25) is 9.59 Å². The summed E-state index contributed by atoms with van der Waals surface area (Å²) in [7, 11) is 2.66. The van der Waals surface area contributed by atoms with Gasteiger partial charge in [-0.25, -0.2) is 0 Å². The largest absolute Gasteiger partial charge is 0.380 e. The van der Waals surface area contributed by atoms with Crippen LogP contribution in [0.5, 0.6) is 0 Å². The molecule has 1 aromatic heterocycles. The van der Waals surface area contributed by atoms with Gasteiger partial charge in [-0.2, -0.15) is 0 Å². The smallest absolute Gasteiger partial charge is 0.314 e. The Morgan fingerprint density at radius 1 is 1.09 bits per heavy atom. The van der Waals surface area contributed by atoms with Gasteiger partial charge >= 0.3 is 11.1 Å². The Labute approximate surface area is 132 Å². The third-order valence-electron chi connectivity index (χ3n) is 3.31. The summed E-state index contributed by atoms with van der Waals surface area (Å²) in [5, 5.41) is 4.82. The highest BCUT2D eigenvalue weighted by atomic mass is 35.5. The molecule has 3 aromatic rings. The molecule has 0 spiro atoms. The second kappa shape index (κ2) is 5.95. The molecule has 0 aliphatic rings. The normalized spacial score (nSPS) is 10.8. The first-order chi connectivity index (χ1) is 10.5.